The van der Waals surface area contributed by atoms with Gasteiger partial charge in [-0.15, -0.1) is 21.5 Å². The van der Waals surface area contributed by atoms with E-state index in [9.17, 15) is 4.79 Å². The lowest BCUT2D eigenvalue weighted by atomic mass is 10.0. The Morgan fingerprint density at radius 2 is 1.91 bits per heavy atom. The fraction of sp³-hybridized carbons (Fsp3) is 0.250. The average Bonchev–Trinajstić information content (AvgIpc) is 3.40. The Morgan fingerprint density at radius 1 is 1.09 bits per heavy atom. The summed E-state index contributed by atoms with van der Waals surface area (Å²) >= 11 is 2.81. The molecule has 1 amide bonds. The summed E-state index contributed by atoms with van der Waals surface area (Å²) in [6, 6.07) is 14.5. The first-order chi connectivity index (χ1) is 15.4. The van der Waals surface area contributed by atoms with E-state index >= 15 is 0 Å². The zero-order chi connectivity index (χ0) is 22.7. The Balaban J connectivity index is 1.42. The number of carbonyl (C=O) groups is 1. The van der Waals surface area contributed by atoms with Crippen LogP contribution in [0.1, 0.15) is 23.6 Å². The Bertz CT molecular complexity index is 1260. The predicted molar refractivity (Wildman–Crippen MR) is 132 cm³/mol. The first-order valence-electron chi connectivity index (χ1n) is 10.4. The summed E-state index contributed by atoms with van der Waals surface area (Å²) in [7, 11) is 0. The van der Waals surface area contributed by atoms with Crippen LogP contribution in [0.4, 0.5) is 5.13 Å². The molecule has 164 valence electrons. The molecule has 0 fully saturated rings. The van der Waals surface area contributed by atoms with Crippen molar-refractivity contribution in [1.82, 2.24) is 19.7 Å². The van der Waals surface area contributed by atoms with Crippen LogP contribution in [0.3, 0.4) is 0 Å². The average molecular weight is 464 g/mol. The van der Waals surface area contributed by atoms with Crippen molar-refractivity contribution >= 4 is 34.1 Å². The van der Waals surface area contributed by atoms with Crippen LogP contribution in [0.2, 0.25) is 0 Å². The van der Waals surface area contributed by atoms with Gasteiger partial charge in [-0.3, -0.25) is 4.79 Å². The van der Waals surface area contributed by atoms with E-state index in [1.54, 1.807) is 0 Å². The quantitative estimate of drug-likeness (QED) is 0.354. The second-order valence-electron chi connectivity index (χ2n) is 7.61. The molecule has 8 heteroatoms. The molecule has 2 aromatic carbocycles. The summed E-state index contributed by atoms with van der Waals surface area (Å²) in [6.45, 7) is 8.97. The molecule has 0 bridgehead atoms. The van der Waals surface area contributed by atoms with Crippen LogP contribution in [0, 0.1) is 20.8 Å². The number of hydrogen-bond donors (Lipinski definition) is 1. The summed E-state index contributed by atoms with van der Waals surface area (Å²) in [5.74, 6) is 0.946. The smallest absolute Gasteiger partial charge is 0.236 e. The van der Waals surface area contributed by atoms with Gasteiger partial charge in [0.1, 0.15) is 0 Å². The fourth-order valence-corrected chi connectivity index (χ4v) is 4.96. The molecule has 4 rings (SSSR count). The van der Waals surface area contributed by atoms with Crippen LogP contribution >= 0.6 is 23.1 Å². The van der Waals surface area contributed by atoms with Gasteiger partial charge in [0, 0.05) is 23.1 Å². The second-order valence-corrected chi connectivity index (χ2v) is 9.41. The van der Waals surface area contributed by atoms with E-state index in [1.807, 2.05) is 22.1 Å². The molecule has 6 nitrogen and oxygen atoms in total. The van der Waals surface area contributed by atoms with Crippen LogP contribution in [-0.4, -0.2) is 31.4 Å². The maximum Gasteiger partial charge on any atom is 0.236 e. The third-order valence-electron chi connectivity index (χ3n) is 5.06. The number of aryl methyl sites for hydroxylation is 3. The van der Waals surface area contributed by atoms with Crippen molar-refractivity contribution in [2.45, 2.75) is 39.4 Å². The maximum absolute atomic E-state index is 12.6. The molecule has 0 aliphatic heterocycles. The van der Waals surface area contributed by atoms with Crippen molar-refractivity contribution in [2.75, 3.05) is 11.1 Å². The Kier molecular flexibility index (Phi) is 6.72. The van der Waals surface area contributed by atoms with Gasteiger partial charge in [0.2, 0.25) is 5.91 Å². The molecule has 0 atom stereocenters. The maximum atomic E-state index is 12.6. The zero-order valence-electron chi connectivity index (χ0n) is 18.5. The third-order valence-corrected chi connectivity index (χ3v) is 6.79. The van der Waals surface area contributed by atoms with Gasteiger partial charge in [0.25, 0.3) is 0 Å². The molecule has 0 spiro atoms. The van der Waals surface area contributed by atoms with Gasteiger partial charge >= 0.3 is 0 Å². The largest absolute Gasteiger partial charge is 0.302 e. The van der Waals surface area contributed by atoms with Crippen LogP contribution in [0.5, 0.6) is 0 Å². The van der Waals surface area contributed by atoms with Gasteiger partial charge in [0.15, 0.2) is 16.1 Å². The van der Waals surface area contributed by atoms with Crippen molar-refractivity contribution < 1.29 is 4.79 Å². The number of aromatic nitrogens is 4. The minimum atomic E-state index is -0.111. The molecule has 32 heavy (non-hydrogen) atoms. The topological polar surface area (TPSA) is 72.7 Å². The summed E-state index contributed by atoms with van der Waals surface area (Å²) in [5.41, 5.74) is 6.52. The highest BCUT2D eigenvalue weighted by Crippen LogP contribution is 2.29. The van der Waals surface area contributed by atoms with E-state index in [4.69, 9.17) is 0 Å². The van der Waals surface area contributed by atoms with E-state index in [0.29, 0.717) is 5.13 Å². The lowest BCUT2D eigenvalue weighted by Crippen LogP contribution is -2.14. The number of nitrogens with zero attached hydrogens (tertiary/aromatic N) is 4. The lowest BCUT2D eigenvalue weighted by molar-refractivity contribution is -0.113. The number of carbonyl (C=O) groups excluding carboxylic acids is 1. The van der Waals surface area contributed by atoms with Gasteiger partial charge in [-0.2, -0.15) is 0 Å². The number of benzene rings is 2. The molecule has 0 radical (unpaired) electrons. The molecule has 0 aliphatic rings. The highest BCUT2D eigenvalue weighted by molar-refractivity contribution is 7.99. The second kappa shape index (κ2) is 9.67. The summed E-state index contributed by atoms with van der Waals surface area (Å²) in [6.07, 6.45) is 0. The molecule has 4 aromatic rings. The van der Waals surface area contributed by atoms with E-state index in [2.05, 4.69) is 78.5 Å². The first kappa shape index (κ1) is 22.2. The van der Waals surface area contributed by atoms with E-state index < -0.39 is 0 Å². The Hall–Kier alpha value is -2.97. The number of thiazole rings is 1. The number of anilines is 1. The molecule has 2 aromatic heterocycles. The summed E-state index contributed by atoms with van der Waals surface area (Å²) in [5, 5.41) is 14.9. The molecule has 2 heterocycles. The minimum Gasteiger partial charge on any atom is -0.302 e. The zero-order valence-corrected chi connectivity index (χ0v) is 20.2. The first-order valence-corrected chi connectivity index (χ1v) is 12.3. The van der Waals surface area contributed by atoms with Gasteiger partial charge < -0.3 is 9.88 Å². The van der Waals surface area contributed by atoms with Crippen LogP contribution in [0.25, 0.3) is 22.6 Å². The molecule has 1 N–H and O–H groups in total. The molecular weight excluding hydrogens is 438 g/mol. The van der Waals surface area contributed by atoms with Crippen LogP contribution in [-0.2, 0) is 11.3 Å². The number of rotatable bonds is 7. The fourth-order valence-electron chi connectivity index (χ4n) is 3.43. The van der Waals surface area contributed by atoms with E-state index in [-0.39, 0.29) is 11.7 Å². The van der Waals surface area contributed by atoms with Crippen molar-refractivity contribution in [2.24, 2.45) is 0 Å². The lowest BCUT2D eigenvalue weighted by Gasteiger charge is -2.08. The molecule has 0 saturated heterocycles. The molecule has 0 saturated carbocycles. The molecule has 0 unspecified atom stereocenters. The van der Waals surface area contributed by atoms with E-state index in [0.717, 1.165) is 39.9 Å². The Morgan fingerprint density at radius 3 is 2.69 bits per heavy atom. The van der Waals surface area contributed by atoms with Crippen LogP contribution < -0.4 is 5.32 Å². The Labute approximate surface area is 196 Å². The van der Waals surface area contributed by atoms with Gasteiger partial charge in [-0.1, -0.05) is 53.2 Å². The molecule has 0 aliphatic carbocycles. The van der Waals surface area contributed by atoms with Gasteiger partial charge in [-0.25, -0.2) is 4.98 Å². The minimum absolute atomic E-state index is 0.111. The highest BCUT2D eigenvalue weighted by atomic mass is 32.2. The van der Waals surface area contributed by atoms with E-state index in [1.165, 1.54) is 34.2 Å². The number of nitrogens with one attached hydrogen (secondary N) is 1. The SMILES string of the molecule is CCn1c(SCC(=O)Nc2nc(-c3cc(C)ccc3C)cs2)nnc1-c1cccc(C)c1. The van der Waals surface area contributed by atoms with Crippen molar-refractivity contribution in [3.8, 4) is 22.6 Å². The van der Waals surface area contributed by atoms with Crippen molar-refractivity contribution in [1.29, 1.82) is 0 Å². The number of thioether (sulfide) groups is 1. The third kappa shape index (κ3) is 4.92. The number of hydrogen-bond acceptors (Lipinski definition) is 6. The standard InChI is InChI=1S/C24H25N5OS2/c1-5-29-22(18-8-6-7-15(2)11-18)27-28-24(29)32-14-21(30)26-23-25-20(13-31-23)19-12-16(3)9-10-17(19)4/h6-13H,5,14H2,1-4H3,(H,25,26,30). The monoisotopic (exact) mass is 463 g/mol. The van der Waals surface area contributed by atoms with Gasteiger partial charge in [-0.05, 0) is 45.4 Å². The summed E-state index contributed by atoms with van der Waals surface area (Å²) < 4.78 is 2.04. The van der Waals surface area contributed by atoms with Gasteiger partial charge in [0.05, 0.1) is 11.4 Å². The highest BCUT2D eigenvalue weighted by Gasteiger charge is 2.16. The van der Waals surface area contributed by atoms with Crippen molar-refractivity contribution in [3.63, 3.8) is 0 Å². The normalized spacial score (nSPS) is 11.0. The summed E-state index contributed by atoms with van der Waals surface area (Å²) in [4.78, 5) is 17.2. The molecular formula is C24H25N5OS2. The van der Waals surface area contributed by atoms with Crippen molar-refractivity contribution in [3.05, 3.63) is 64.5 Å². The predicted octanol–water partition coefficient (Wildman–Crippen LogP) is 5.74. The van der Waals surface area contributed by atoms with Crippen LogP contribution in [0.15, 0.2) is 53.0 Å². The number of amides is 1.